The zero-order valence-electron chi connectivity index (χ0n) is 8.27. The monoisotopic (exact) mass is 211 g/mol. The van der Waals surface area contributed by atoms with Crippen molar-refractivity contribution in [3.8, 4) is 0 Å². The maximum absolute atomic E-state index is 10.5. The summed E-state index contributed by atoms with van der Waals surface area (Å²) >= 11 is 0. The van der Waals surface area contributed by atoms with Gasteiger partial charge >= 0.3 is 11.9 Å². The van der Waals surface area contributed by atoms with Gasteiger partial charge in [0.1, 0.15) is 5.76 Å². The Kier molecular flexibility index (Phi) is 2.98. The summed E-state index contributed by atoms with van der Waals surface area (Å²) in [5.74, 6) is -0.754. The van der Waals surface area contributed by atoms with Crippen molar-refractivity contribution >= 4 is 5.97 Å². The van der Waals surface area contributed by atoms with Crippen molar-refractivity contribution in [2.45, 2.75) is 6.54 Å². The smallest absolute Gasteiger partial charge is 0.392 e. The van der Waals surface area contributed by atoms with E-state index >= 15 is 0 Å². The second-order valence-corrected chi connectivity index (χ2v) is 3.46. The Hall–Kier alpha value is -1.40. The SMILES string of the molecule is O=C(O)c1ncc(CN2CCNCC2)o1. The molecule has 1 aliphatic rings. The van der Waals surface area contributed by atoms with E-state index in [4.69, 9.17) is 9.52 Å². The number of oxazole rings is 1. The molecule has 1 aliphatic heterocycles. The number of rotatable bonds is 3. The Balaban J connectivity index is 1.94. The van der Waals surface area contributed by atoms with Gasteiger partial charge in [-0.25, -0.2) is 9.78 Å². The third-order valence-electron chi connectivity index (χ3n) is 2.33. The minimum atomic E-state index is -1.12. The van der Waals surface area contributed by atoms with E-state index in [-0.39, 0.29) is 5.89 Å². The zero-order valence-corrected chi connectivity index (χ0v) is 8.27. The van der Waals surface area contributed by atoms with Crippen molar-refractivity contribution in [1.29, 1.82) is 0 Å². The fourth-order valence-corrected chi connectivity index (χ4v) is 1.57. The maximum Gasteiger partial charge on any atom is 0.392 e. The van der Waals surface area contributed by atoms with Gasteiger partial charge in [-0.05, 0) is 0 Å². The predicted molar refractivity (Wildman–Crippen MR) is 51.6 cm³/mol. The van der Waals surface area contributed by atoms with Crippen LogP contribution in [0.15, 0.2) is 10.6 Å². The first-order valence-electron chi connectivity index (χ1n) is 4.87. The molecule has 0 bridgehead atoms. The molecule has 1 saturated heterocycles. The molecule has 0 aliphatic carbocycles. The summed E-state index contributed by atoms with van der Waals surface area (Å²) in [4.78, 5) is 16.4. The lowest BCUT2D eigenvalue weighted by Gasteiger charge is -2.25. The average molecular weight is 211 g/mol. The molecule has 2 N–H and O–H groups in total. The lowest BCUT2D eigenvalue weighted by atomic mass is 10.3. The minimum Gasteiger partial charge on any atom is -0.474 e. The van der Waals surface area contributed by atoms with E-state index < -0.39 is 5.97 Å². The van der Waals surface area contributed by atoms with Crippen LogP contribution in [-0.4, -0.2) is 47.1 Å². The van der Waals surface area contributed by atoms with Crippen LogP contribution >= 0.6 is 0 Å². The van der Waals surface area contributed by atoms with Crippen LogP contribution < -0.4 is 5.32 Å². The van der Waals surface area contributed by atoms with Crippen LogP contribution in [0, 0.1) is 0 Å². The highest BCUT2D eigenvalue weighted by molar-refractivity contribution is 5.81. The third-order valence-corrected chi connectivity index (χ3v) is 2.33. The zero-order chi connectivity index (χ0) is 10.7. The highest BCUT2D eigenvalue weighted by Crippen LogP contribution is 2.07. The molecule has 0 atom stereocenters. The molecule has 2 heterocycles. The molecule has 0 aromatic carbocycles. The molecule has 1 aromatic heterocycles. The number of hydrogen-bond acceptors (Lipinski definition) is 5. The Morgan fingerprint density at radius 1 is 1.60 bits per heavy atom. The summed E-state index contributed by atoms with van der Waals surface area (Å²) in [7, 11) is 0. The number of carbonyl (C=O) groups is 1. The van der Waals surface area contributed by atoms with Gasteiger partial charge in [0.15, 0.2) is 0 Å². The third kappa shape index (κ3) is 2.54. The highest BCUT2D eigenvalue weighted by Gasteiger charge is 2.15. The van der Waals surface area contributed by atoms with E-state index in [1.54, 1.807) is 0 Å². The van der Waals surface area contributed by atoms with Crippen molar-refractivity contribution in [2.24, 2.45) is 0 Å². The molecule has 2 rings (SSSR count). The maximum atomic E-state index is 10.5. The number of nitrogens with zero attached hydrogens (tertiary/aromatic N) is 2. The lowest BCUT2D eigenvalue weighted by Crippen LogP contribution is -2.42. The Labute approximate surface area is 86.9 Å². The van der Waals surface area contributed by atoms with Crippen LogP contribution in [-0.2, 0) is 6.54 Å². The fourth-order valence-electron chi connectivity index (χ4n) is 1.57. The normalized spacial score (nSPS) is 17.9. The fraction of sp³-hybridized carbons (Fsp3) is 0.556. The van der Waals surface area contributed by atoms with Crippen LogP contribution in [0.25, 0.3) is 0 Å². The second-order valence-electron chi connectivity index (χ2n) is 3.46. The first-order chi connectivity index (χ1) is 7.25. The van der Waals surface area contributed by atoms with E-state index in [2.05, 4.69) is 15.2 Å². The molecule has 1 fully saturated rings. The van der Waals surface area contributed by atoms with Gasteiger partial charge in [0.05, 0.1) is 12.7 Å². The lowest BCUT2D eigenvalue weighted by molar-refractivity contribution is 0.0649. The van der Waals surface area contributed by atoms with Gasteiger partial charge < -0.3 is 14.8 Å². The number of piperazine rings is 1. The summed E-state index contributed by atoms with van der Waals surface area (Å²) in [5, 5.41) is 11.9. The summed E-state index contributed by atoms with van der Waals surface area (Å²) in [6.45, 7) is 4.44. The number of carboxylic acid groups (broad SMARTS) is 1. The molecule has 15 heavy (non-hydrogen) atoms. The summed E-state index contributed by atoms with van der Waals surface area (Å²) in [6.07, 6.45) is 1.48. The van der Waals surface area contributed by atoms with Crippen LogP contribution in [0.3, 0.4) is 0 Å². The molecule has 0 radical (unpaired) electrons. The Morgan fingerprint density at radius 2 is 2.33 bits per heavy atom. The van der Waals surface area contributed by atoms with Gasteiger partial charge in [-0.2, -0.15) is 0 Å². The molecule has 6 nitrogen and oxygen atoms in total. The van der Waals surface area contributed by atoms with Gasteiger partial charge in [-0.1, -0.05) is 0 Å². The molecule has 0 amide bonds. The van der Waals surface area contributed by atoms with Crippen molar-refractivity contribution < 1.29 is 14.3 Å². The number of carboxylic acids is 1. The van der Waals surface area contributed by atoms with Gasteiger partial charge in [0.25, 0.3) is 0 Å². The number of aromatic nitrogens is 1. The molecular weight excluding hydrogens is 198 g/mol. The van der Waals surface area contributed by atoms with E-state index in [1.807, 2.05) is 0 Å². The van der Waals surface area contributed by atoms with Crippen LogP contribution in [0.2, 0.25) is 0 Å². The largest absolute Gasteiger partial charge is 0.474 e. The minimum absolute atomic E-state index is 0.236. The predicted octanol–water partition coefficient (Wildman–Crippen LogP) is -0.222. The Morgan fingerprint density at radius 3 is 2.93 bits per heavy atom. The first kappa shape index (κ1) is 10.1. The molecule has 0 unspecified atom stereocenters. The first-order valence-corrected chi connectivity index (χ1v) is 4.87. The van der Waals surface area contributed by atoms with Crippen LogP contribution in [0.1, 0.15) is 16.4 Å². The molecule has 1 aromatic rings. The van der Waals surface area contributed by atoms with Crippen LogP contribution in [0.5, 0.6) is 0 Å². The Bertz CT molecular complexity index is 344. The van der Waals surface area contributed by atoms with E-state index in [9.17, 15) is 4.79 Å². The van der Waals surface area contributed by atoms with Gasteiger partial charge in [-0.3, -0.25) is 4.90 Å². The summed E-state index contributed by atoms with van der Waals surface area (Å²) in [5.41, 5.74) is 0. The average Bonchev–Trinajstić information content (AvgIpc) is 2.68. The standard InChI is InChI=1S/C9H13N3O3/c13-9(14)8-11-5-7(15-8)6-12-3-1-10-2-4-12/h5,10H,1-4,6H2,(H,13,14). The van der Waals surface area contributed by atoms with Gasteiger partial charge in [0.2, 0.25) is 0 Å². The molecule has 6 heteroatoms. The van der Waals surface area contributed by atoms with Crippen LogP contribution in [0.4, 0.5) is 0 Å². The number of nitrogens with one attached hydrogen (secondary N) is 1. The quantitative estimate of drug-likeness (QED) is 0.719. The van der Waals surface area contributed by atoms with Crippen molar-refractivity contribution in [3.63, 3.8) is 0 Å². The van der Waals surface area contributed by atoms with Gasteiger partial charge in [0, 0.05) is 26.2 Å². The molecule has 0 saturated carbocycles. The summed E-state index contributed by atoms with van der Waals surface area (Å²) < 4.78 is 5.08. The molecule has 0 spiro atoms. The molecule has 82 valence electrons. The van der Waals surface area contributed by atoms with Crippen molar-refractivity contribution in [1.82, 2.24) is 15.2 Å². The van der Waals surface area contributed by atoms with Crippen molar-refractivity contribution in [2.75, 3.05) is 26.2 Å². The van der Waals surface area contributed by atoms with E-state index in [1.165, 1.54) is 6.20 Å². The second kappa shape index (κ2) is 4.41. The van der Waals surface area contributed by atoms with E-state index in [0.29, 0.717) is 12.3 Å². The topological polar surface area (TPSA) is 78.6 Å². The van der Waals surface area contributed by atoms with Crippen molar-refractivity contribution in [3.05, 3.63) is 17.8 Å². The van der Waals surface area contributed by atoms with E-state index in [0.717, 1.165) is 26.2 Å². The number of hydrogen-bond donors (Lipinski definition) is 2. The summed E-state index contributed by atoms with van der Waals surface area (Å²) in [6, 6.07) is 0. The molecular formula is C9H13N3O3. The van der Waals surface area contributed by atoms with Gasteiger partial charge in [-0.15, -0.1) is 0 Å². The highest BCUT2D eigenvalue weighted by atomic mass is 16.4. The number of aromatic carboxylic acids is 1.